The molecule has 6 nitrogen and oxygen atoms in total. The van der Waals surface area contributed by atoms with Crippen LogP contribution in [-0.4, -0.2) is 18.9 Å². The molecule has 0 saturated carbocycles. The van der Waals surface area contributed by atoms with Crippen molar-refractivity contribution in [1.82, 2.24) is 5.32 Å². The highest BCUT2D eigenvalue weighted by atomic mass is 16.5. The smallest absolute Gasteiger partial charge is 0.407 e. The molecule has 0 aliphatic heterocycles. The van der Waals surface area contributed by atoms with Gasteiger partial charge in [-0.2, -0.15) is 0 Å². The largest absolute Gasteiger partial charge is 0.463 e. The van der Waals surface area contributed by atoms with E-state index in [9.17, 15) is 14.4 Å². The summed E-state index contributed by atoms with van der Waals surface area (Å²) in [6, 6.07) is 14.5. The van der Waals surface area contributed by atoms with E-state index >= 15 is 0 Å². The molecule has 3 rings (SSSR count). The molecule has 1 heterocycles. The van der Waals surface area contributed by atoms with E-state index < -0.39 is 6.09 Å². The van der Waals surface area contributed by atoms with Crippen LogP contribution >= 0.6 is 0 Å². The van der Waals surface area contributed by atoms with Crippen molar-refractivity contribution in [2.24, 2.45) is 0 Å². The van der Waals surface area contributed by atoms with Crippen LogP contribution in [-0.2, 0) is 11.3 Å². The Morgan fingerprint density at radius 3 is 2.74 bits per heavy atom. The van der Waals surface area contributed by atoms with E-state index in [0.29, 0.717) is 17.3 Å². The molecular weight excluding hydrogens is 346 g/mol. The lowest BCUT2D eigenvalue weighted by molar-refractivity contribution is 0.112. The van der Waals surface area contributed by atoms with Crippen LogP contribution in [0.15, 0.2) is 70.1 Å². The number of alkyl carbamates (subject to hydrolysis) is 1. The van der Waals surface area contributed by atoms with Crippen LogP contribution in [0.3, 0.4) is 0 Å². The number of aldehydes is 1. The summed E-state index contributed by atoms with van der Waals surface area (Å²) in [4.78, 5) is 34.6. The van der Waals surface area contributed by atoms with Gasteiger partial charge in [0, 0.05) is 6.54 Å². The molecule has 6 heteroatoms. The molecular formula is C21H17NO5. The molecule has 3 aromatic rings. The van der Waals surface area contributed by atoms with Gasteiger partial charge in [-0.15, -0.1) is 0 Å². The Morgan fingerprint density at radius 1 is 1.15 bits per heavy atom. The van der Waals surface area contributed by atoms with Crippen LogP contribution in [0.4, 0.5) is 4.79 Å². The zero-order valence-corrected chi connectivity index (χ0v) is 14.4. The van der Waals surface area contributed by atoms with Crippen LogP contribution in [0, 0.1) is 0 Å². The standard InChI is InChI=1S/C21H17NO5/c23-12-17-14-26-19-9-8-15(11-18(19)20(17)24)7-4-10-22-21(25)27-13-16-5-2-1-3-6-16/h1-9,11-12,14H,10,13H2,(H,22,25). The zero-order chi connectivity index (χ0) is 19.1. The van der Waals surface area contributed by atoms with Crippen LogP contribution in [0.2, 0.25) is 0 Å². The normalized spacial score (nSPS) is 10.8. The van der Waals surface area contributed by atoms with Crippen molar-refractivity contribution in [2.45, 2.75) is 6.61 Å². The average Bonchev–Trinajstić information content (AvgIpc) is 2.71. The van der Waals surface area contributed by atoms with Crippen molar-refractivity contribution in [3.05, 3.63) is 87.8 Å². The third-order valence-electron chi connectivity index (χ3n) is 3.84. The van der Waals surface area contributed by atoms with E-state index in [2.05, 4.69) is 5.32 Å². The molecule has 0 bridgehead atoms. The second-order valence-corrected chi connectivity index (χ2v) is 5.74. The number of amides is 1. The summed E-state index contributed by atoms with van der Waals surface area (Å²) in [5, 5.41) is 2.95. The van der Waals surface area contributed by atoms with Gasteiger partial charge in [0.1, 0.15) is 18.5 Å². The van der Waals surface area contributed by atoms with Crippen molar-refractivity contribution < 1.29 is 18.7 Å². The molecule has 0 unspecified atom stereocenters. The maximum absolute atomic E-state index is 12.1. The summed E-state index contributed by atoms with van der Waals surface area (Å²) in [5.74, 6) is 0. The molecule has 0 radical (unpaired) electrons. The number of hydrogen-bond acceptors (Lipinski definition) is 5. The van der Waals surface area contributed by atoms with Gasteiger partial charge in [0.25, 0.3) is 0 Å². The molecule has 0 aliphatic rings. The van der Waals surface area contributed by atoms with Gasteiger partial charge in [0.2, 0.25) is 5.43 Å². The van der Waals surface area contributed by atoms with Crippen molar-refractivity contribution in [3.8, 4) is 0 Å². The van der Waals surface area contributed by atoms with Crippen LogP contribution in [0.25, 0.3) is 17.0 Å². The summed E-state index contributed by atoms with van der Waals surface area (Å²) in [5.41, 5.74) is 1.67. The van der Waals surface area contributed by atoms with Gasteiger partial charge >= 0.3 is 6.09 Å². The first kappa shape index (κ1) is 18.1. The van der Waals surface area contributed by atoms with E-state index in [1.54, 1.807) is 30.4 Å². The summed E-state index contributed by atoms with van der Waals surface area (Å²) >= 11 is 0. The maximum Gasteiger partial charge on any atom is 0.407 e. The summed E-state index contributed by atoms with van der Waals surface area (Å²) < 4.78 is 10.4. The summed E-state index contributed by atoms with van der Waals surface area (Å²) in [7, 11) is 0. The Labute approximate surface area is 155 Å². The first-order chi connectivity index (χ1) is 13.2. The minimum Gasteiger partial charge on any atom is -0.463 e. The fourth-order valence-electron chi connectivity index (χ4n) is 2.46. The van der Waals surface area contributed by atoms with Crippen molar-refractivity contribution in [3.63, 3.8) is 0 Å². The number of benzene rings is 2. The van der Waals surface area contributed by atoms with E-state index in [1.807, 2.05) is 30.3 Å². The number of fused-ring (bicyclic) bond motifs is 1. The average molecular weight is 363 g/mol. The summed E-state index contributed by atoms with van der Waals surface area (Å²) in [6.45, 7) is 0.477. The van der Waals surface area contributed by atoms with Crippen molar-refractivity contribution in [1.29, 1.82) is 0 Å². The fourth-order valence-corrected chi connectivity index (χ4v) is 2.46. The lowest BCUT2D eigenvalue weighted by Crippen LogP contribution is -2.24. The third-order valence-corrected chi connectivity index (χ3v) is 3.84. The third kappa shape index (κ3) is 4.70. The molecule has 136 valence electrons. The number of hydrogen-bond donors (Lipinski definition) is 1. The monoisotopic (exact) mass is 363 g/mol. The van der Waals surface area contributed by atoms with Gasteiger partial charge in [-0.05, 0) is 23.3 Å². The van der Waals surface area contributed by atoms with E-state index in [-0.39, 0.29) is 24.1 Å². The molecule has 1 amide bonds. The van der Waals surface area contributed by atoms with Gasteiger partial charge in [-0.1, -0.05) is 48.6 Å². The van der Waals surface area contributed by atoms with E-state index in [1.165, 1.54) is 0 Å². The lowest BCUT2D eigenvalue weighted by atomic mass is 10.1. The van der Waals surface area contributed by atoms with Crippen molar-refractivity contribution >= 4 is 29.4 Å². The second kappa shape index (κ2) is 8.62. The quantitative estimate of drug-likeness (QED) is 0.677. The van der Waals surface area contributed by atoms with Gasteiger partial charge in [-0.3, -0.25) is 9.59 Å². The Bertz CT molecular complexity index is 1040. The zero-order valence-electron chi connectivity index (χ0n) is 14.4. The minimum absolute atomic E-state index is 0.0218. The Morgan fingerprint density at radius 2 is 1.96 bits per heavy atom. The van der Waals surface area contributed by atoms with E-state index in [0.717, 1.165) is 17.4 Å². The number of nitrogens with one attached hydrogen (secondary N) is 1. The van der Waals surface area contributed by atoms with E-state index in [4.69, 9.17) is 9.15 Å². The summed E-state index contributed by atoms with van der Waals surface area (Å²) in [6.07, 6.45) is 4.59. The molecule has 0 spiro atoms. The Hall–Kier alpha value is -3.67. The first-order valence-corrected chi connectivity index (χ1v) is 8.29. The van der Waals surface area contributed by atoms with Gasteiger partial charge in [0.05, 0.1) is 10.9 Å². The van der Waals surface area contributed by atoms with Gasteiger partial charge < -0.3 is 14.5 Å². The molecule has 2 aromatic carbocycles. The molecule has 0 saturated heterocycles. The number of ether oxygens (including phenoxy) is 1. The Balaban J connectivity index is 1.56. The number of rotatable bonds is 6. The highest BCUT2D eigenvalue weighted by Gasteiger charge is 2.06. The number of carbonyl (C=O) groups is 2. The Kier molecular flexibility index (Phi) is 5.79. The molecule has 0 fully saturated rings. The second-order valence-electron chi connectivity index (χ2n) is 5.74. The fraction of sp³-hybridized carbons (Fsp3) is 0.0952. The topological polar surface area (TPSA) is 85.6 Å². The molecule has 0 atom stereocenters. The van der Waals surface area contributed by atoms with Crippen LogP contribution < -0.4 is 10.7 Å². The minimum atomic E-state index is -0.515. The molecule has 0 aliphatic carbocycles. The highest BCUT2D eigenvalue weighted by Crippen LogP contribution is 2.14. The molecule has 27 heavy (non-hydrogen) atoms. The van der Waals surface area contributed by atoms with Gasteiger partial charge in [0.15, 0.2) is 6.29 Å². The first-order valence-electron chi connectivity index (χ1n) is 8.29. The number of carbonyl (C=O) groups excluding carboxylic acids is 2. The lowest BCUT2D eigenvalue weighted by Gasteiger charge is -2.05. The van der Waals surface area contributed by atoms with Crippen LogP contribution in [0.5, 0.6) is 0 Å². The highest BCUT2D eigenvalue weighted by molar-refractivity contribution is 5.85. The van der Waals surface area contributed by atoms with Gasteiger partial charge in [-0.25, -0.2) is 4.79 Å². The predicted octanol–water partition coefficient (Wildman–Crippen LogP) is 3.55. The van der Waals surface area contributed by atoms with Crippen LogP contribution in [0.1, 0.15) is 21.5 Å². The molecule has 1 N–H and O–H groups in total. The predicted molar refractivity (Wildman–Crippen MR) is 102 cm³/mol. The molecule has 1 aromatic heterocycles. The van der Waals surface area contributed by atoms with Crippen molar-refractivity contribution in [2.75, 3.05) is 6.54 Å². The maximum atomic E-state index is 12.1. The SMILES string of the molecule is O=Cc1coc2ccc(C=CCNC(=O)OCc3ccccc3)cc2c1=O.